The van der Waals surface area contributed by atoms with E-state index in [1.807, 2.05) is 45.0 Å². The molecule has 0 fully saturated rings. The molecule has 0 aliphatic carbocycles. The molecule has 23 heavy (non-hydrogen) atoms. The molecule has 0 aliphatic rings. The highest BCUT2D eigenvalue weighted by Gasteiger charge is 2.15. The smallest absolute Gasteiger partial charge is 0.407 e. The van der Waals surface area contributed by atoms with E-state index >= 15 is 0 Å². The third-order valence-corrected chi connectivity index (χ3v) is 3.30. The largest absolute Gasteiger partial charge is 0.453 e. The van der Waals surface area contributed by atoms with Crippen molar-refractivity contribution < 1.29 is 14.1 Å². The van der Waals surface area contributed by atoms with E-state index in [-0.39, 0.29) is 12.0 Å². The van der Waals surface area contributed by atoms with Crippen LogP contribution in [0.25, 0.3) is 0 Å². The number of carbonyl (C=O) groups excluding carboxylic acids is 1. The summed E-state index contributed by atoms with van der Waals surface area (Å²) in [7, 11) is 1.34. The lowest BCUT2D eigenvalue weighted by Crippen LogP contribution is -2.22. The fourth-order valence-electron chi connectivity index (χ4n) is 1.93. The lowest BCUT2D eigenvalue weighted by molar-refractivity contribution is 0.170. The zero-order valence-corrected chi connectivity index (χ0v) is 13.8. The fraction of sp³-hybridized carbons (Fsp3) is 0.438. The number of nitrogens with one attached hydrogen (secondary N) is 2. The van der Waals surface area contributed by atoms with E-state index in [2.05, 4.69) is 25.5 Å². The number of amides is 1. The van der Waals surface area contributed by atoms with Crippen molar-refractivity contribution in [3.05, 3.63) is 41.5 Å². The molecule has 0 unspecified atom stereocenters. The number of alkyl carbamates (subject to hydrolysis) is 1. The number of hydrogen-bond acceptors (Lipinski definition) is 6. The van der Waals surface area contributed by atoms with Crippen molar-refractivity contribution >= 4 is 11.8 Å². The Morgan fingerprint density at radius 2 is 1.96 bits per heavy atom. The second-order valence-corrected chi connectivity index (χ2v) is 5.55. The van der Waals surface area contributed by atoms with Crippen molar-refractivity contribution in [1.82, 2.24) is 15.5 Å². The van der Waals surface area contributed by atoms with E-state index < -0.39 is 6.09 Å². The van der Waals surface area contributed by atoms with Crippen LogP contribution in [0.15, 0.2) is 28.8 Å². The van der Waals surface area contributed by atoms with Crippen molar-refractivity contribution in [2.45, 2.75) is 39.3 Å². The predicted octanol–water partition coefficient (Wildman–Crippen LogP) is 3.22. The highest BCUT2D eigenvalue weighted by atomic mass is 16.5. The molecule has 1 amide bonds. The Morgan fingerprint density at radius 1 is 1.26 bits per heavy atom. The average molecular weight is 318 g/mol. The van der Waals surface area contributed by atoms with Crippen LogP contribution < -0.4 is 10.6 Å². The SMILES string of the molecule is COC(=O)NCc1ccc(N[C@H](C)c2nc(C(C)C)no2)cc1. The van der Waals surface area contributed by atoms with Gasteiger partial charge in [-0.25, -0.2) is 4.79 Å². The van der Waals surface area contributed by atoms with Crippen LogP contribution in [0.5, 0.6) is 0 Å². The standard InChI is InChI=1S/C16H22N4O3/c1-10(2)14-19-15(23-20-14)11(3)18-13-7-5-12(6-8-13)9-17-16(21)22-4/h5-8,10-11,18H,9H2,1-4H3,(H,17,21)/t11-/m1/s1. The molecule has 1 atom stereocenters. The van der Waals surface area contributed by atoms with Crippen molar-refractivity contribution in [2.24, 2.45) is 0 Å². The average Bonchev–Trinajstić information content (AvgIpc) is 3.04. The molecule has 1 aromatic carbocycles. The Kier molecular flexibility index (Phi) is 5.56. The van der Waals surface area contributed by atoms with Gasteiger partial charge in [0.25, 0.3) is 0 Å². The zero-order chi connectivity index (χ0) is 16.8. The third-order valence-electron chi connectivity index (χ3n) is 3.30. The molecule has 1 aromatic heterocycles. The molecule has 0 radical (unpaired) electrons. The number of benzene rings is 1. The quantitative estimate of drug-likeness (QED) is 0.850. The highest BCUT2D eigenvalue weighted by molar-refractivity contribution is 5.66. The molecule has 2 rings (SSSR count). The maximum absolute atomic E-state index is 11.0. The van der Waals surface area contributed by atoms with Crippen LogP contribution in [-0.4, -0.2) is 23.3 Å². The molecule has 0 bridgehead atoms. The lowest BCUT2D eigenvalue weighted by Gasteiger charge is -2.12. The molecule has 2 aromatic rings. The van der Waals surface area contributed by atoms with Crippen molar-refractivity contribution in [3.8, 4) is 0 Å². The van der Waals surface area contributed by atoms with E-state index in [0.29, 0.717) is 18.3 Å². The molecule has 1 heterocycles. The summed E-state index contributed by atoms with van der Waals surface area (Å²) in [6.45, 7) is 6.43. The summed E-state index contributed by atoms with van der Waals surface area (Å²) < 4.78 is 9.81. The zero-order valence-electron chi connectivity index (χ0n) is 13.8. The van der Waals surface area contributed by atoms with Crippen LogP contribution in [-0.2, 0) is 11.3 Å². The first-order valence-corrected chi connectivity index (χ1v) is 7.50. The summed E-state index contributed by atoms with van der Waals surface area (Å²) in [4.78, 5) is 15.4. The summed E-state index contributed by atoms with van der Waals surface area (Å²) >= 11 is 0. The van der Waals surface area contributed by atoms with Gasteiger partial charge in [0.1, 0.15) is 6.04 Å². The molecule has 124 valence electrons. The molecule has 7 nitrogen and oxygen atoms in total. The number of hydrogen-bond donors (Lipinski definition) is 2. The minimum atomic E-state index is -0.446. The maximum Gasteiger partial charge on any atom is 0.407 e. The normalized spacial score (nSPS) is 12.0. The summed E-state index contributed by atoms with van der Waals surface area (Å²) in [5, 5.41) is 9.90. The van der Waals surface area contributed by atoms with Crippen molar-refractivity contribution in [3.63, 3.8) is 0 Å². The van der Waals surface area contributed by atoms with Crippen LogP contribution in [0.1, 0.15) is 50.0 Å². The predicted molar refractivity (Wildman–Crippen MR) is 86.1 cm³/mol. The monoisotopic (exact) mass is 318 g/mol. The van der Waals surface area contributed by atoms with Gasteiger partial charge in [0.15, 0.2) is 5.82 Å². The number of aromatic nitrogens is 2. The Hall–Kier alpha value is -2.57. The van der Waals surface area contributed by atoms with Gasteiger partial charge >= 0.3 is 6.09 Å². The van der Waals surface area contributed by atoms with E-state index in [9.17, 15) is 4.79 Å². The van der Waals surface area contributed by atoms with Crippen molar-refractivity contribution in [1.29, 1.82) is 0 Å². The summed E-state index contributed by atoms with van der Waals surface area (Å²) in [6.07, 6.45) is -0.446. The molecular weight excluding hydrogens is 296 g/mol. The molecule has 7 heteroatoms. The number of methoxy groups -OCH3 is 1. The Bertz CT molecular complexity index is 637. The van der Waals surface area contributed by atoms with Crippen LogP contribution >= 0.6 is 0 Å². The van der Waals surface area contributed by atoms with Gasteiger partial charge in [-0.1, -0.05) is 31.1 Å². The minimum absolute atomic E-state index is 0.0888. The lowest BCUT2D eigenvalue weighted by atomic mass is 10.2. The van der Waals surface area contributed by atoms with Gasteiger partial charge in [0, 0.05) is 18.2 Å². The van der Waals surface area contributed by atoms with E-state index in [0.717, 1.165) is 11.3 Å². The number of carbonyl (C=O) groups is 1. The van der Waals surface area contributed by atoms with E-state index in [1.165, 1.54) is 7.11 Å². The van der Waals surface area contributed by atoms with Crippen LogP contribution in [0.2, 0.25) is 0 Å². The summed E-state index contributed by atoms with van der Waals surface area (Å²) in [5.41, 5.74) is 1.91. The molecule has 0 aliphatic heterocycles. The van der Waals surface area contributed by atoms with Gasteiger partial charge in [-0.05, 0) is 24.6 Å². The van der Waals surface area contributed by atoms with Gasteiger partial charge in [-0.2, -0.15) is 4.98 Å². The first kappa shape index (κ1) is 16.8. The second kappa shape index (κ2) is 7.62. The van der Waals surface area contributed by atoms with Gasteiger partial charge in [0.2, 0.25) is 5.89 Å². The Balaban J connectivity index is 1.93. The van der Waals surface area contributed by atoms with Gasteiger partial charge in [-0.3, -0.25) is 0 Å². The van der Waals surface area contributed by atoms with Crippen molar-refractivity contribution in [2.75, 3.05) is 12.4 Å². The van der Waals surface area contributed by atoms with Crippen LogP contribution in [0.4, 0.5) is 10.5 Å². The molecule has 0 spiro atoms. The van der Waals surface area contributed by atoms with Crippen LogP contribution in [0.3, 0.4) is 0 Å². The Morgan fingerprint density at radius 3 is 2.52 bits per heavy atom. The van der Waals surface area contributed by atoms with Gasteiger partial charge < -0.3 is 19.9 Å². The molecule has 0 saturated heterocycles. The third kappa shape index (κ3) is 4.70. The van der Waals surface area contributed by atoms with Crippen LogP contribution in [0, 0.1) is 0 Å². The Labute approximate surface area is 135 Å². The minimum Gasteiger partial charge on any atom is -0.453 e. The van der Waals surface area contributed by atoms with Gasteiger partial charge in [-0.15, -0.1) is 0 Å². The topological polar surface area (TPSA) is 89.3 Å². The first-order chi connectivity index (χ1) is 11.0. The maximum atomic E-state index is 11.0. The highest BCUT2D eigenvalue weighted by Crippen LogP contribution is 2.20. The number of anilines is 1. The number of nitrogens with zero attached hydrogens (tertiary/aromatic N) is 2. The molecule has 0 saturated carbocycles. The van der Waals surface area contributed by atoms with E-state index in [4.69, 9.17) is 4.52 Å². The van der Waals surface area contributed by atoms with Gasteiger partial charge in [0.05, 0.1) is 7.11 Å². The summed E-state index contributed by atoms with van der Waals surface area (Å²) in [6, 6.07) is 7.64. The second-order valence-electron chi connectivity index (χ2n) is 5.55. The fourth-order valence-corrected chi connectivity index (χ4v) is 1.93. The van der Waals surface area contributed by atoms with E-state index in [1.54, 1.807) is 0 Å². The summed E-state index contributed by atoms with van der Waals surface area (Å²) in [5.74, 6) is 1.50. The number of rotatable bonds is 6. The number of ether oxygens (including phenoxy) is 1. The molecular formula is C16H22N4O3. The first-order valence-electron chi connectivity index (χ1n) is 7.50. The molecule has 2 N–H and O–H groups in total.